The second kappa shape index (κ2) is 17.9. The molecular weight excluding hydrogens is 522 g/mol. The van der Waals surface area contributed by atoms with E-state index in [1.54, 1.807) is 0 Å². The van der Waals surface area contributed by atoms with Crippen molar-refractivity contribution in [2.24, 2.45) is 5.92 Å². The predicted octanol–water partition coefficient (Wildman–Crippen LogP) is 8.44. The minimum absolute atomic E-state index is 0. The van der Waals surface area contributed by atoms with Crippen LogP contribution in [0.5, 0.6) is 0 Å². The maximum absolute atomic E-state index is 3.34. The third-order valence-electron chi connectivity index (χ3n) is 5.04. The molecule has 0 aromatic heterocycles. The zero-order chi connectivity index (χ0) is 21.9. The van der Waals surface area contributed by atoms with Crippen molar-refractivity contribution in [3.05, 3.63) is 126 Å². The normalized spacial score (nSPS) is 13.5. The number of rotatable bonds is 0. The first-order valence-electron chi connectivity index (χ1n) is 10.2. The molecule has 1 unspecified atom stereocenters. The topological polar surface area (TPSA) is 0 Å². The van der Waals surface area contributed by atoms with Gasteiger partial charge < -0.3 is 7.43 Å². The second-order valence-corrected chi connectivity index (χ2v) is 7.38. The van der Waals surface area contributed by atoms with E-state index in [0.29, 0.717) is 5.92 Å². The van der Waals surface area contributed by atoms with Crippen LogP contribution in [0.25, 0.3) is 11.1 Å². The van der Waals surface area contributed by atoms with E-state index in [4.69, 9.17) is 0 Å². The van der Waals surface area contributed by atoms with Crippen LogP contribution < -0.4 is 0 Å². The van der Waals surface area contributed by atoms with Crippen LogP contribution in [-0.2, 0) is 30.7 Å². The van der Waals surface area contributed by atoms with Gasteiger partial charge in [0, 0.05) is 0 Å². The molecule has 0 N–H and O–H groups in total. The van der Waals surface area contributed by atoms with Crippen LogP contribution in [0, 0.1) is 38.5 Å². The fraction of sp³-hybridized carbons (Fsp3) is 0.200. The molecule has 33 heavy (non-hydrogen) atoms. The summed E-state index contributed by atoms with van der Waals surface area (Å²) in [5.41, 5.74) is 9.50. The van der Waals surface area contributed by atoms with Gasteiger partial charge in [0.1, 0.15) is 0 Å². The van der Waals surface area contributed by atoms with Crippen molar-refractivity contribution in [2.45, 2.75) is 34.1 Å². The van der Waals surface area contributed by atoms with Crippen LogP contribution >= 0.6 is 24.8 Å². The van der Waals surface area contributed by atoms with Gasteiger partial charge in [-0.2, -0.15) is 71.8 Å². The molecule has 3 heteroatoms. The van der Waals surface area contributed by atoms with Crippen LogP contribution in [0.15, 0.2) is 84.0 Å². The van der Waals surface area contributed by atoms with Gasteiger partial charge in [0.15, 0.2) is 0 Å². The van der Waals surface area contributed by atoms with E-state index in [1.165, 1.54) is 63.2 Å². The van der Waals surface area contributed by atoms with Crippen molar-refractivity contribution < 1.29 is 24.2 Å². The fourth-order valence-corrected chi connectivity index (χ4v) is 3.46. The largest absolute Gasteiger partial charge is 0.358 e. The standard InChI is InChI=1S/C13H9.C8H11.C7H7.CH3.CH2.2ClH.Zr/c1-3-7-12-10(5-1)9-11-6-2-4-8-13(11)12;1-6-4-7(2)8(3)5-6;1-7-5-3-2-4-6-7;;;;;/h1-5,7-8H,9H2;4,6H,1-3H3;3-6H,1H3;1H3;1H2;2*1H;/q4*-1;;;;. The molecule has 0 aliphatic heterocycles. The van der Waals surface area contributed by atoms with E-state index in [1.807, 2.05) is 30.3 Å². The molecule has 2 aliphatic carbocycles. The third-order valence-corrected chi connectivity index (χ3v) is 5.04. The summed E-state index contributed by atoms with van der Waals surface area (Å²) in [6.07, 6.45) is 6.57. The van der Waals surface area contributed by atoms with E-state index in [-0.39, 0.29) is 32.2 Å². The molecule has 3 aromatic rings. The van der Waals surface area contributed by atoms with Crippen molar-refractivity contribution in [3.8, 4) is 11.1 Å². The van der Waals surface area contributed by atoms with Crippen LogP contribution in [0.2, 0.25) is 0 Å². The van der Waals surface area contributed by atoms with Gasteiger partial charge >= 0.3 is 28.4 Å². The first-order valence-corrected chi connectivity index (χ1v) is 11.9. The van der Waals surface area contributed by atoms with E-state index < -0.39 is 0 Å². The Hall–Kier alpha value is -1.53. The van der Waals surface area contributed by atoms with E-state index in [9.17, 15) is 0 Å². The summed E-state index contributed by atoms with van der Waals surface area (Å²) in [6, 6.07) is 28.9. The van der Waals surface area contributed by atoms with Gasteiger partial charge in [-0.05, 0) is 6.42 Å². The Morgan fingerprint density at radius 1 is 0.848 bits per heavy atom. The van der Waals surface area contributed by atoms with Crippen molar-refractivity contribution in [2.75, 3.05) is 0 Å². The number of allylic oxidation sites excluding steroid dienone is 4. The maximum atomic E-state index is 3.34. The molecular formula is C30H34Cl2Zr-4. The Morgan fingerprint density at radius 3 is 1.94 bits per heavy atom. The van der Waals surface area contributed by atoms with Crippen LogP contribution in [-0.4, -0.2) is 4.21 Å². The summed E-state index contributed by atoms with van der Waals surface area (Å²) in [5, 5.41) is 0. The van der Waals surface area contributed by atoms with Gasteiger partial charge in [0.05, 0.1) is 0 Å². The summed E-state index contributed by atoms with van der Waals surface area (Å²) in [7, 11) is 0. The molecule has 3 aromatic carbocycles. The molecule has 0 fully saturated rings. The number of hydrogen-bond acceptors (Lipinski definition) is 0. The summed E-state index contributed by atoms with van der Waals surface area (Å²) in [6.45, 7) is 8.45. The Kier molecular flexibility index (Phi) is 18.2. The van der Waals surface area contributed by atoms with Crippen LogP contribution in [0.1, 0.15) is 37.5 Å². The van der Waals surface area contributed by atoms with Crippen molar-refractivity contribution in [3.63, 3.8) is 0 Å². The Labute approximate surface area is 229 Å². The molecule has 0 amide bonds. The van der Waals surface area contributed by atoms with E-state index in [2.05, 4.69) is 92.6 Å². The molecule has 0 heterocycles. The number of benzene rings is 3. The molecule has 2 aliphatic rings. The average Bonchev–Trinajstić information content (AvgIpc) is 3.29. The Bertz CT molecular complexity index is 945. The predicted molar refractivity (Wildman–Crippen MR) is 147 cm³/mol. The molecule has 0 saturated heterocycles. The van der Waals surface area contributed by atoms with Crippen LogP contribution in [0.3, 0.4) is 0 Å². The molecule has 0 nitrogen and oxygen atoms in total. The zero-order valence-corrected chi connectivity index (χ0v) is 24.3. The van der Waals surface area contributed by atoms with Crippen molar-refractivity contribution >= 4 is 29.0 Å². The molecule has 1 atom stereocenters. The summed E-state index contributed by atoms with van der Waals surface area (Å²) >= 11 is 1.30. The number of hydrogen-bond donors (Lipinski definition) is 0. The summed E-state index contributed by atoms with van der Waals surface area (Å²) in [4.78, 5) is 0. The van der Waals surface area contributed by atoms with Gasteiger partial charge in [0.2, 0.25) is 0 Å². The van der Waals surface area contributed by atoms with Gasteiger partial charge in [-0.15, -0.1) is 37.3 Å². The molecule has 5 rings (SSSR count). The second-order valence-electron chi connectivity index (χ2n) is 7.38. The first-order chi connectivity index (χ1) is 14.5. The van der Waals surface area contributed by atoms with Crippen LogP contribution in [0.4, 0.5) is 0 Å². The monoisotopic (exact) mass is 554 g/mol. The summed E-state index contributed by atoms with van der Waals surface area (Å²) in [5.74, 6) is 0.551. The van der Waals surface area contributed by atoms with E-state index >= 15 is 0 Å². The van der Waals surface area contributed by atoms with Gasteiger partial charge in [0.25, 0.3) is 0 Å². The summed E-state index contributed by atoms with van der Waals surface area (Å²) < 4.78 is 3.34. The van der Waals surface area contributed by atoms with Crippen molar-refractivity contribution in [1.82, 2.24) is 0 Å². The Balaban J connectivity index is 0. The maximum Gasteiger partial charge on any atom is -0.0253 e. The average molecular weight is 557 g/mol. The molecule has 0 spiro atoms. The fourth-order valence-electron chi connectivity index (χ4n) is 3.46. The zero-order valence-electron chi connectivity index (χ0n) is 20.2. The minimum Gasteiger partial charge on any atom is -0.358 e. The number of aryl methyl sites for hydroxylation is 1. The number of fused-ring (bicyclic) bond motifs is 3. The molecule has 0 bridgehead atoms. The molecule has 176 valence electrons. The van der Waals surface area contributed by atoms with Gasteiger partial charge in [-0.3, -0.25) is 6.08 Å². The number of halogens is 2. The molecule has 0 radical (unpaired) electrons. The quantitative estimate of drug-likeness (QED) is 0.191. The van der Waals surface area contributed by atoms with Crippen molar-refractivity contribution in [1.29, 1.82) is 0 Å². The Morgan fingerprint density at radius 2 is 1.45 bits per heavy atom. The third kappa shape index (κ3) is 10.5. The smallest absolute Gasteiger partial charge is 0.0253 e. The van der Waals surface area contributed by atoms with Gasteiger partial charge in [-0.1, -0.05) is 62.1 Å². The van der Waals surface area contributed by atoms with Gasteiger partial charge in [-0.25, -0.2) is 11.1 Å². The minimum atomic E-state index is 0. The van der Waals surface area contributed by atoms with E-state index in [0.717, 1.165) is 6.42 Å². The SMILES string of the molecule is CC1=[C-]C(C)C=C1C.Cc1cc[c-]cc1.Cl.Cl.[CH2]=[Zr].[CH3-].[c-]1cccc2c1Cc1ccccc1-2. The first kappa shape index (κ1) is 33.6. The molecule has 0 saturated carbocycles.